The molecule has 0 atom stereocenters. The molecule has 6 aromatic rings. The second-order valence-electron chi connectivity index (χ2n) is 8.29. The summed E-state index contributed by atoms with van der Waals surface area (Å²) < 4.78 is 7.04. The molecule has 6 nitrogen and oxygen atoms in total. The molecular weight excluding hydrogens is 458 g/mol. The van der Waals surface area contributed by atoms with E-state index in [0.717, 1.165) is 27.3 Å². The van der Waals surface area contributed by atoms with E-state index < -0.39 is 5.63 Å². The lowest BCUT2D eigenvalue weighted by molar-refractivity contribution is 0.560. The maximum atomic E-state index is 13.5. The third-order valence-electron chi connectivity index (χ3n) is 5.94. The fourth-order valence-electron chi connectivity index (χ4n) is 4.28. The maximum absolute atomic E-state index is 13.5. The van der Waals surface area contributed by atoms with Gasteiger partial charge < -0.3 is 4.42 Å². The van der Waals surface area contributed by atoms with E-state index >= 15 is 0 Å². The van der Waals surface area contributed by atoms with Crippen molar-refractivity contribution in [2.45, 2.75) is 17.8 Å². The van der Waals surface area contributed by atoms with Crippen LogP contribution < -0.4 is 11.2 Å². The molecule has 0 aliphatic heterocycles. The smallest absolute Gasteiger partial charge is 0.336 e. The van der Waals surface area contributed by atoms with Crippen LogP contribution in [0.1, 0.15) is 11.1 Å². The van der Waals surface area contributed by atoms with Crippen molar-refractivity contribution in [3.8, 4) is 5.82 Å². The SMILES string of the molecule is Cc1ccc(-n2c(SCc3cc(=O)oc4ccc5ccccc5c34)nc3ccccc3c2=O)nc1. The second kappa shape index (κ2) is 8.52. The minimum Gasteiger partial charge on any atom is -0.423 e. The first-order valence-corrected chi connectivity index (χ1v) is 12.1. The predicted molar refractivity (Wildman–Crippen MR) is 139 cm³/mol. The Bertz CT molecular complexity index is 1860. The van der Waals surface area contributed by atoms with Gasteiger partial charge in [0.05, 0.1) is 10.9 Å². The Labute approximate surface area is 203 Å². The van der Waals surface area contributed by atoms with E-state index in [1.807, 2.05) is 73.7 Å². The van der Waals surface area contributed by atoms with Crippen molar-refractivity contribution in [1.82, 2.24) is 14.5 Å². The highest BCUT2D eigenvalue weighted by molar-refractivity contribution is 7.98. The summed E-state index contributed by atoms with van der Waals surface area (Å²) in [5.41, 5.74) is 2.38. The van der Waals surface area contributed by atoms with Crippen LogP contribution in [0.3, 0.4) is 0 Å². The van der Waals surface area contributed by atoms with E-state index in [9.17, 15) is 9.59 Å². The Kier molecular flexibility index (Phi) is 5.19. The van der Waals surface area contributed by atoms with Crippen LogP contribution in [0.2, 0.25) is 0 Å². The quantitative estimate of drug-likeness (QED) is 0.142. The Morgan fingerprint density at radius 2 is 1.71 bits per heavy atom. The van der Waals surface area contributed by atoms with Crippen LogP contribution in [0.5, 0.6) is 0 Å². The van der Waals surface area contributed by atoms with Crippen LogP contribution in [0.25, 0.3) is 38.5 Å². The van der Waals surface area contributed by atoms with Gasteiger partial charge in [-0.25, -0.2) is 19.3 Å². The highest BCUT2D eigenvalue weighted by Crippen LogP contribution is 2.31. The van der Waals surface area contributed by atoms with Crippen molar-refractivity contribution in [3.63, 3.8) is 0 Å². The van der Waals surface area contributed by atoms with Crippen molar-refractivity contribution in [2.24, 2.45) is 0 Å². The first kappa shape index (κ1) is 21.3. The largest absolute Gasteiger partial charge is 0.423 e. The number of nitrogens with zero attached hydrogens (tertiary/aromatic N) is 3. The number of thioether (sulfide) groups is 1. The summed E-state index contributed by atoms with van der Waals surface area (Å²) in [6.45, 7) is 1.95. The molecule has 0 saturated carbocycles. The number of hydrogen-bond acceptors (Lipinski definition) is 6. The molecule has 0 unspecified atom stereocenters. The van der Waals surface area contributed by atoms with Gasteiger partial charge in [-0.15, -0.1) is 0 Å². The number of para-hydroxylation sites is 1. The van der Waals surface area contributed by atoms with Gasteiger partial charge in [0.2, 0.25) is 0 Å². The molecule has 0 aliphatic rings. The first-order valence-electron chi connectivity index (χ1n) is 11.1. The predicted octanol–water partition coefficient (Wildman–Crippen LogP) is 5.64. The molecule has 0 amide bonds. The summed E-state index contributed by atoms with van der Waals surface area (Å²) in [5.74, 6) is 0.927. The van der Waals surface area contributed by atoms with Crippen LogP contribution in [-0.4, -0.2) is 14.5 Å². The molecule has 3 aromatic heterocycles. The van der Waals surface area contributed by atoms with Crippen molar-refractivity contribution in [3.05, 3.63) is 117 Å². The molecule has 3 aromatic carbocycles. The zero-order valence-corrected chi connectivity index (χ0v) is 19.6. The van der Waals surface area contributed by atoms with Crippen molar-refractivity contribution in [1.29, 1.82) is 0 Å². The topological polar surface area (TPSA) is 78.0 Å². The zero-order chi connectivity index (χ0) is 23.9. The van der Waals surface area contributed by atoms with Gasteiger partial charge in [0.15, 0.2) is 5.16 Å². The summed E-state index contributed by atoms with van der Waals surface area (Å²) in [4.78, 5) is 35.1. The summed E-state index contributed by atoms with van der Waals surface area (Å²) >= 11 is 1.39. The van der Waals surface area contributed by atoms with Gasteiger partial charge in [-0.2, -0.15) is 0 Å². The maximum Gasteiger partial charge on any atom is 0.336 e. The van der Waals surface area contributed by atoms with Gasteiger partial charge in [0, 0.05) is 23.4 Å². The van der Waals surface area contributed by atoms with Gasteiger partial charge in [-0.3, -0.25) is 4.79 Å². The van der Waals surface area contributed by atoms with Gasteiger partial charge in [0.25, 0.3) is 5.56 Å². The van der Waals surface area contributed by atoms with Crippen molar-refractivity contribution < 1.29 is 4.42 Å². The van der Waals surface area contributed by atoms with E-state index in [-0.39, 0.29) is 5.56 Å². The molecule has 3 heterocycles. The lowest BCUT2D eigenvalue weighted by Gasteiger charge is -2.13. The Balaban J connectivity index is 1.52. The molecule has 0 spiro atoms. The van der Waals surface area contributed by atoms with Crippen molar-refractivity contribution >= 4 is 44.4 Å². The molecule has 0 aliphatic carbocycles. The van der Waals surface area contributed by atoms with Crippen LogP contribution in [0.15, 0.2) is 104 Å². The molecule has 35 heavy (non-hydrogen) atoms. The zero-order valence-electron chi connectivity index (χ0n) is 18.8. The number of aryl methyl sites for hydroxylation is 1. The molecule has 0 radical (unpaired) electrons. The first-order chi connectivity index (χ1) is 17.1. The van der Waals surface area contributed by atoms with Crippen molar-refractivity contribution in [2.75, 3.05) is 0 Å². The molecule has 7 heteroatoms. The fraction of sp³-hybridized carbons (Fsp3) is 0.0714. The molecular formula is C28H19N3O3S. The second-order valence-corrected chi connectivity index (χ2v) is 9.23. The normalized spacial score (nSPS) is 11.5. The van der Waals surface area contributed by atoms with E-state index in [2.05, 4.69) is 4.98 Å². The number of fused-ring (bicyclic) bond motifs is 4. The molecule has 0 bridgehead atoms. The molecule has 0 saturated heterocycles. The fourth-order valence-corrected chi connectivity index (χ4v) is 5.26. The van der Waals surface area contributed by atoms with E-state index in [1.165, 1.54) is 22.4 Å². The van der Waals surface area contributed by atoms with Gasteiger partial charge >= 0.3 is 5.63 Å². The highest BCUT2D eigenvalue weighted by atomic mass is 32.2. The summed E-state index contributed by atoms with van der Waals surface area (Å²) in [6, 6.07) is 24.3. The average molecular weight is 478 g/mol. The molecule has 6 rings (SSSR count). The Morgan fingerprint density at radius 1 is 0.914 bits per heavy atom. The van der Waals surface area contributed by atoms with Crippen LogP contribution in [-0.2, 0) is 5.75 Å². The lowest BCUT2D eigenvalue weighted by atomic mass is 10.0. The monoisotopic (exact) mass is 477 g/mol. The standard InChI is InChI=1S/C28H19N3O3S/c1-17-10-13-24(29-15-17)31-27(33)21-8-4-5-9-22(21)30-28(31)35-16-19-14-25(32)34-23-12-11-18-6-2-3-7-20(18)26(19)23/h2-15H,16H2,1H3. The molecule has 0 fully saturated rings. The van der Waals surface area contributed by atoms with Gasteiger partial charge in [-0.05, 0) is 53.1 Å². The third-order valence-corrected chi connectivity index (χ3v) is 6.93. The van der Waals surface area contributed by atoms with Crippen LogP contribution in [0, 0.1) is 6.92 Å². The van der Waals surface area contributed by atoms with E-state index in [4.69, 9.17) is 9.40 Å². The number of aromatic nitrogens is 3. The molecule has 0 N–H and O–H groups in total. The van der Waals surface area contributed by atoms with Gasteiger partial charge in [0.1, 0.15) is 11.4 Å². The summed E-state index contributed by atoms with van der Waals surface area (Å²) in [6.07, 6.45) is 1.73. The summed E-state index contributed by atoms with van der Waals surface area (Å²) in [5, 5.41) is 3.99. The minimum absolute atomic E-state index is 0.183. The number of rotatable bonds is 4. The third kappa shape index (κ3) is 3.80. The minimum atomic E-state index is -0.410. The van der Waals surface area contributed by atoms with Crippen LogP contribution in [0.4, 0.5) is 0 Å². The number of hydrogen-bond donors (Lipinski definition) is 0. The summed E-state index contributed by atoms with van der Waals surface area (Å²) in [7, 11) is 0. The lowest BCUT2D eigenvalue weighted by Crippen LogP contribution is -2.22. The highest BCUT2D eigenvalue weighted by Gasteiger charge is 2.16. The van der Waals surface area contributed by atoms with Gasteiger partial charge in [-0.1, -0.05) is 60.3 Å². The Hall–Kier alpha value is -4.23. The van der Waals surface area contributed by atoms with Crippen LogP contribution >= 0.6 is 11.8 Å². The molecule has 170 valence electrons. The van der Waals surface area contributed by atoms with E-state index in [0.29, 0.717) is 33.2 Å². The van der Waals surface area contributed by atoms with E-state index in [1.54, 1.807) is 12.3 Å². The number of pyridine rings is 1. The average Bonchev–Trinajstić information content (AvgIpc) is 2.88. The number of benzene rings is 3. The Morgan fingerprint density at radius 3 is 2.54 bits per heavy atom.